The zero-order valence-corrected chi connectivity index (χ0v) is 11.4. The van der Waals surface area contributed by atoms with Crippen molar-refractivity contribution in [3.63, 3.8) is 0 Å². The molecule has 4 heteroatoms. The number of hydrogen-bond donors (Lipinski definition) is 2. The molecule has 0 saturated carbocycles. The summed E-state index contributed by atoms with van der Waals surface area (Å²) in [5.74, 6) is 5.49. The van der Waals surface area contributed by atoms with E-state index in [9.17, 15) is 4.39 Å². The average molecular weight is 264 g/mol. The van der Waals surface area contributed by atoms with Gasteiger partial charge in [-0.15, -0.1) is 11.3 Å². The first-order chi connectivity index (χ1) is 8.67. The van der Waals surface area contributed by atoms with Gasteiger partial charge in [0, 0.05) is 4.88 Å². The molecule has 0 fully saturated rings. The Kier molecular flexibility index (Phi) is 4.11. The summed E-state index contributed by atoms with van der Waals surface area (Å²) in [7, 11) is 0. The summed E-state index contributed by atoms with van der Waals surface area (Å²) < 4.78 is 13.3. The van der Waals surface area contributed by atoms with Crippen LogP contribution in [0.25, 0.3) is 0 Å². The van der Waals surface area contributed by atoms with Gasteiger partial charge in [-0.2, -0.15) is 0 Å². The second-order valence-electron chi connectivity index (χ2n) is 4.27. The van der Waals surface area contributed by atoms with Crippen molar-refractivity contribution in [2.75, 3.05) is 0 Å². The highest BCUT2D eigenvalue weighted by Gasteiger charge is 2.17. The number of nitrogens with one attached hydrogen (secondary N) is 1. The first kappa shape index (κ1) is 13.2. The Hall–Kier alpha value is -1.23. The summed E-state index contributed by atoms with van der Waals surface area (Å²) in [5, 5.41) is 2.06. The van der Waals surface area contributed by atoms with Crippen LogP contribution in [-0.2, 0) is 6.42 Å². The molecule has 18 heavy (non-hydrogen) atoms. The first-order valence-electron chi connectivity index (χ1n) is 5.95. The molecule has 0 amide bonds. The van der Waals surface area contributed by atoms with Crippen molar-refractivity contribution in [3.05, 3.63) is 57.0 Å². The third-order valence-electron chi connectivity index (χ3n) is 3.11. The lowest BCUT2D eigenvalue weighted by Crippen LogP contribution is -2.28. The summed E-state index contributed by atoms with van der Waals surface area (Å²) in [5.41, 5.74) is 5.75. The van der Waals surface area contributed by atoms with Crippen molar-refractivity contribution in [3.8, 4) is 0 Å². The molecular formula is C14H17FN2S. The van der Waals surface area contributed by atoms with Crippen LogP contribution in [-0.4, -0.2) is 0 Å². The Morgan fingerprint density at radius 2 is 2.17 bits per heavy atom. The normalized spacial score (nSPS) is 12.7. The Balaban J connectivity index is 2.42. The average Bonchev–Trinajstić information content (AvgIpc) is 2.83. The molecule has 2 nitrogen and oxygen atoms in total. The van der Waals surface area contributed by atoms with Crippen LogP contribution in [0.3, 0.4) is 0 Å². The number of hydrogen-bond acceptors (Lipinski definition) is 3. The molecule has 0 aliphatic carbocycles. The first-order valence-corrected chi connectivity index (χ1v) is 6.83. The predicted molar refractivity (Wildman–Crippen MR) is 74.0 cm³/mol. The van der Waals surface area contributed by atoms with E-state index in [1.807, 2.05) is 6.07 Å². The van der Waals surface area contributed by atoms with Crippen molar-refractivity contribution in [1.29, 1.82) is 0 Å². The van der Waals surface area contributed by atoms with Crippen molar-refractivity contribution < 1.29 is 4.39 Å². The SMILES string of the molecule is CCc1ccsc1C(NN)c1ccc(F)c(C)c1. The van der Waals surface area contributed by atoms with Crippen LogP contribution in [0.5, 0.6) is 0 Å². The molecule has 1 aromatic carbocycles. The Labute approximate surface area is 111 Å². The zero-order valence-electron chi connectivity index (χ0n) is 10.5. The second-order valence-corrected chi connectivity index (χ2v) is 5.22. The summed E-state index contributed by atoms with van der Waals surface area (Å²) in [6.45, 7) is 3.89. The van der Waals surface area contributed by atoms with E-state index in [1.165, 1.54) is 16.5 Å². The van der Waals surface area contributed by atoms with Gasteiger partial charge in [0.1, 0.15) is 5.82 Å². The molecule has 0 bridgehead atoms. The maximum atomic E-state index is 13.3. The van der Waals surface area contributed by atoms with Crippen LogP contribution in [0.1, 0.15) is 34.5 Å². The van der Waals surface area contributed by atoms with Crippen LogP contribution < -0.4 is 11.3 Å². The number of rotatable bonds is 4. The second kappa shape index (κ2) is 5.61. The molecule has 0 spiro atoms. The van der Waals surface area contributed by atoms with E-state index in [0.29, 0.717) is 5.56 Å². The van der Waals surface area contributed by atoms with Gasteiger partial charge in [-0.1, -0.05) is 19.1 Å². The molecule has 1 heterocycles. The molecule has 0 saturated heterocycles. The molecule has 0 radical (unpaired) electrons. The summed E-state index contributed by atoms with van der Waals surface area (Å²) in [6.07, 6.45) is 0.969. The number of hydrazine groups is 1. The highest BCUT2D eigenvalue weighted by Crippen LogP contribution is 2.30. The van der Waals surface area contributed by atoms with Crippen LogP contribution in [0, 0.1) is 12.7 Å². The molecule has 0 aliphatic rings. The highest BCUT2D eigenvalue weighted by molar-refractivity contribution is 7.10. The minimum atomic E-state index is -0.184. The monoisotopic (exact) mass is 264 g/mol. The maximum Gasteiger partial charge on any atom is 0.126 e. The lowest BCUT2D eigenvalue weighted by atomic mass is 10.0. The van der Waals surface area contributed by atoms with E-state index in [1.54, 1.807) is 24.3 Å². The van der Waals surface area contributed by atoms with Crippen LogP contribution in [0.2, 0.25) is 0 Å². The maximum absolute atomic E-state index is 13.3. The van der Waals surface area contributed by atoms with Crippen LogP contribution in [0.15, 0.2) is 29.6 Å². The predicted octanol–water partition coefficient (Wildman–Crippen LogP) is 3.31. The summed E-state index contributed by atoms with van der Waals surface area (Å²) >= 11 is 1.68. The number of benzene rings is 1. The van der Waals surface area contributed by atoms with Crippen molar-refractivity contribution in [2.45, 2.75) is 26.3 Å². The number of aryl methyl sites for hydroxylation is 2. The number of halogens is 1. The summed E-state index contributed by atoms with van der Waals surface area (Å²) in [4.78, 5) is 1.20. The fraction of sp³-hybridized carbons (Fsp3) is 0.286. The number of thiophene rings is 1. The van der Waals surface area contributed by atoms with Gasteiger partial charge < -0.3 is 0 Å². The van der Waals surface area contributed by atoms with Crippen molar-refractivity contribution in [2.24, 2.45) is 5.84 Å². The molecule has 1 unspecified atom stereocenters. The molecule has 3 N–H and O–H groups in total. The Bertz CT molecular complexity index is 536. The van der Waals surface area contributed by atoms with Gasteiger partial charge in [-0.3, -0.25) is 5.84 Å². The fourth-order valence-corrected chi connectivity index (χ4v) is 3.15. The van der Waals surface area contributed by atoms with Crippen LogP contribution >= 0.6 is 11.3 Å². The van der Waals surface area contributed by atoms with E-state index in [-0.39, 0.29) is 11.9 Å². The van der Waals surface area contributed by atoms with Crippen molar-refractivity contribution >= 4 is 11.3 Å². The van der Waals surface area contributed by atoms with Gasteiger partial charge >= 0.3 is 0 Å². The van der Waals surface area contributed by atoms with E-state index < -0.39 is 0 Å². The fourth-order valence-electron chi connectivity index (χ4n) is 2.06. The molecule has 96 valence electrons. The summed E-state index contributed by atoms with van der Waals surface area (Å²) in [6, 6.07) is 7.17. The number of nitrogens with two attached hydrogens (primary N) is 1. The largest absolute Gasteiger partial charge is 0.271 e. The van der Waals surface area contributed by atoms with E-state index >= 15 is 0 Å². The lowest BCUT2D eigenvalue weighted by Gasteiger charge is -2.17. The molecule has 1 atom stereocenters. The minimum absolute atomic E-state index is 0.0701. The Morgan fingerprint density at radius 1 is 1.39 bits per heavy atom. The molecular weight excluding hydrogens is 247 g/mol. The van der Waals surface area contributed by atoms with Gasteiger partial charge in [0.2, 0.25) is 0 Å². The van der Waals surface area contributed by atoms with Gasteiger partial charge in [0.05, 0.1) is 6.04 Å². The Morgan fingerprint density at radius 3 is 2.78 bits per heavy atom. The van der Waals surface area contributed by atoms with E-state index in [2.05, 4.69) is 23.8 Å². The van der Waals surface area contributed by atoms with E-state index in [4.69, 9.17) is 5.84 Å². The van der Waals surface area contributed by atoms with Gasteiger partial charge in [-0.25, -0.2) is 9.82 Å². The van der Waals surface area contributed by atoms with Crippen molar-refractivity contribution in [1.82, 2.24) is 5.43 Å². The van der Waals surface area contributed by atoms with Crippen LogP contribution in [0.4, 0.5) is 4.39 Å². The molecule has 2 rings (SSSR count). The van der Waals surface area contributed by atoms with E-state index in [0.717, 1.165) is 12.0 Å². The molecule has 0 aliphatic heterocycles. The zero-order chi connectivity index (χ0) is 13.1. The third-order valence-corrected chi connectivity index (χ3v) is 4.13. The smallest absolute Gasteiger partial charge is 0.126 e. The highest BCUT2D eigenvalue weighted by atomic mass is 32.1. The van der Waals surface area contributed by atoms with Gasteiger partial charge in [0.25, 0.3) is 0 Å². The quantitative estimate of drug-likeness (QED) is 0.657. The van der Waals surface area contributed by atoms with Gasteiger partial charge in [-0.05, 0) is 47.5 Å². The molecule has 1 aromatic heterocycles. The van der Waals surface area contributed by atoms with Gasteiger partial charge in [0.15, 0.2) is 0 Å². The lowest BCUT2D eigenvalue weighted by molar-refractivity contribution is 0.609. The standard InChI is InChI=1S/C14H17FN2S/c1-3-10-6-7-18-14(10)13(17-16)11-4-5-12(15)9(2)8-11/h4-8,13,17H,3,16H2,1-2H3. The topological polar surface area (TPSA) is 38.0 Å². The molecule has 2 aromatic rings. The third kappa shape index (κ3) is 2.46. The minimum Gasteiger partial charge on any atom is -0.271 e.